The number of ether oxygens (including phenoxy) is 4. The van der Waals surface area contributed by atoms with Gasteiger partial charge in [0.1, 0.15) is 23.3 Å². The van der Waals surface area contributed by atoms with E-state index in [2.05, 4.69) is 32.1 Å². The van der Waals surface area contributed by atoms with Crippen molar-refractivity contribution in [2.75, 3.05) is 34.9 Å². The Morgan fingerprint density at radius 1 is 0.956 bits per heavy atom. The molecule has 6 rings (SSSR count). The lowest BCUT2D eigenvalue weighted by Gasteiger charge is -2.37. The number of fused-ring (bicyclic) bond motifs is 1. The van der Waals surface area contributed by atoms with Crippen LogP contribution in [0.15, 0.2) is 95.0 Å². The summed E-state index contributed by atoms with van der Waals surface area (Å²) in [6.45, 7) is 0.308. The van der Waals surface area contributed by atoms with Gasteiger partial charge >= 0.3 is 0 Å². The summed E-state index contributed by atoms with van der Waals surface area (Å²) < 4.78 is 26.3. The van der Waals surface area contributed by atoms with E-state index < -0.39 is 5.60 Å². The molecule has 0 saturated carbocycles. The van der Waals surface area contributed by atoms with Crippen LogP contribution in [-0.4, -0.2) is 71.8 Å². The van der Waals surface area contributed by atoms with Gasteiger partial charge in [-0.3, -0.25) is 14.3 Å². The fourth-order valence-corrected chi connectivity index (χ4v) is 5.66. The summed E-state index contributed by atoms with van der Waals surface area (Å²) >= 11 is 0. The lowest BCUT2D eigenvalue weighted by molar-refractivity contribution is -0.0756. The van der Waals surface area contributed by atoms with E-state index in [0.29, 0.717) is 18.7 Å². The van der Waals surface area contributed by atoms with Gasteiger partial charge in [0.2, 0.25) is 5.95 Å². The smallest absolute Gasteiger partial charge is 0.280 e. The Labute approximate surface area is 261 Å². The first-order valence-corrected chi connectivity index (χ1v) is 14.7. The third-order valence-corrected chi connectivity index (χ3v) is 7.89. The van der Waals surface area contributed by atoms with Crippen molar-refractivity contribution >= 4 is 23.5 Å². The molecular weight excluding hydrogens is 572 g/mol. The summed E-state index contributed by atoms with van der Waals surface area (Å²) in [5, 5.41) is 0. The fourth-order valence-electron chi connectivity index (χ4n) is 5.66. The second-order valence-corrected chi connectivity index (χ2v) is 11.0. The first kappa shape index (κ1) is 30.0. The highest BCUT2D eigenvalue weighted by Crippen LogP contribution is 2.42. The standard InChI is InChI=1S/C34H36N6O5/c1-39(2)21-36-33-37-31-30(32(41)38-33)35-22-40(31)29-19-18-28(45-29)20-44-34(23-8-6-5-7-9-23,24-10-14-26(42-3)15-11-24)25-12-16-27(43-4)17-13-25/h5-17,21-22,28-29H,18-20H2,1-4H3,(H,37,38,41)/t28-,29+/m0/s1. The molecule has 232 valence electrons. The van der Waals surface area contributed by atoms with E-state index in [-0.39, 0.29) is 29.4 Å². The van der Waals surface area contributed by atoms with E-state index in [1.54, 1.807) is 36.4 Å². The van der Waals surface area contributed by atoms with Crippen molar-refractivity contribution in [2.45, 2.75) is 30.8 Å². The van der Waals surface area contributed by atoms with Gasteiger partial charge < -0.3 is 23.8 Å². The van der Waals surface area contributed by atoms with E-state index in [9.17, 15) is 4.79 Å². The van der Waals surface area contributed by atoms with Crippen LogP contribution in [0.4, 0.5) is 5.95 Å². The van der Waals surface area contributed by atoms with Crippen LogP contribution < -0.4 is 15.0 Å². The summed E-state index contributed by atoms with van der Waals surface area (Å²) in [7, 11) is 6.99. The number of nitrogens with zero attached hydrogens (tertiary/aromatic N) is 5. The summed E-state index contributed by atoms with van der Waals surface area (Å²) in [6.07, 6.45) is 4.04. The SMILES string of the molecule is COc1ccc(C(OC[C@@H]2CC[C@H](n3cnc4c(=O)[nH]c(N=CN(C)C)nc43)O2)(c2ccccc2)c2ccc(OC)cc2)cc1. The molecule has 0 amide bonds. The first-order chi connectivity index (χ1) is 21.9. The molecule has 2 aromatic heterocycles. The summed E-state index contributed by atoms with van der Waals surface area (Å²) in [5.74, 6) is 1.72. The van der Waals surface area contributed by atoms with Crippen molar-refractivity contribution in [2.24, 2.45) is 4.99 Å². The topological polar surface area (TPSA) is 116 Å². The van der Waals surface area contributed by atoms with Crippen molar-refractivity contribution in [1.82, 2.24) is 24.4 Å². The zero-order chi connectivity index (χ0) is 31.4. The number of aliphatic imine (C=N–C) groups is 1. The fraction of sp³-hybridized carbons (Fsp3) is 0.294. The highest BCUT2D eigenvalue weighted by Gasteiger charge is 2.40. The second-order valence-electron chi connectivity index (χ2n) is 11.0. The Bertz CT molecular complexity index is 1770. The molecule has 45 heavy (non-hydrogen) atoms. The Balaban J connectivity index is 1.32. The number of hydrogen-bond acceptors (Lipinski definition) is 8. The van der Waals surface area contributed by atoms with Gasteiger partial charge in [-0.25, -0.2) is 9.98 Å². The maximum atomic E-state index is 12.7. The summed E-state index contributed by atoms with van der Waals surface area (Å²) in [4.78, 5) is 30.3. The molecule has 1 aliphatic heterocycles. The molecule has 1 fully saturated rings. The number of benzene rings is 3. The largest absolute Gasteiger partial charge is 0.497 e. The normalized spacial score (nSPS) is 16.8. The lowest BCUT2D eigenvalue weighted by Crippen LogP contribution is -2.35. The molecule has 5 aromatic rings. The third kappa shape index (κ3) is 6.04. The summed E-state index contributed by atoms with van der Waals surface area (Å²) in [5.41, 5.74) is 2.24. The van der Waals surface area contributed by atoms with Crippen LogP contribution in [0.25, 0.3) is 11.2 Å². The number of nitrogens with one attached hydrogen (secondary N) is 1. The van der Waals surface area contributed by atoms with Gasteiger partial charge in [-0.15, -0.1) is 0 Å². The van der Waals surface area contributed by atoms with Crippen LogP contribution in [0, 0.1) is 0 Å². The zero-order valence-corrected chi connectivity index (χ0v) is 25.7. The van der Waals surface area contributed by atoms with E-state index in [1.165, 1.54) is 0 Å². The zero-order valence-electron chi connectivity index (χ0n) is 25.7. The number of imidazole rings is 1. The molecule has 1 aliphatic rings. The molecule has 0 unspecified atom stereocenters. The monoisotopic (exact) mass is 608 g/mol. The van der Waals surface area contributed by atoms with Crippen LogP contribution in [-0.2, 0) is 15.1 Å². The van der Waals surface area contributed by atoms with E-state index in [4.69, 9.17) is 18.9 Å². The van der Waals surface area contributed by atoms with Crippen LogP contribution in [0.3, 0.4) is 0 Å². The van der Waals surface area contributed by atoms with Gasteiger partial charge in [0, 0.05) is 14.1 Å². The van der Waals surface area contributed by atoms with Gasteiger partial charge in [0.05, 0.1) is 39.6 Å². The number of hydrogen-bond donors (Lipinski definition) is 1. The second kappa shape index (κ2) is 12.9. The molecule has 3 aromatic carbocycles. The van der Waals surface area contributed by atoms with Crippen LogP contribution >= 0.6 is 0 Å². The van der Waals surface area contributed by atoms with Gasteiger partial charge in [-0.2, -0.15) is 4.98 Å². The van der Waals surface area contributed by atoms with E-state index in [0.717, 1.165) is 34.6 Å². The number of aromatic nitrogens is 4. The van der Waals surface area contributed by atoms with E-state index >= 15 is 0 Å². The molecule has 0 bridgehead atoms. The molecule has 11 nitrogen and oxygen atoms in total. The maximum absolute atomic E-state index is 12.7. The van der Waals surface area contributed by atoms with Crippen molar-refractivity contribution in [3.05, 3.63) is 112 Å². The molecule has 1 N–H and O–H groups in total. The predicted molar refractivity (Wildman–Crippen MR) is 171 cm³/mol. The average Bonchev–Trinajstić information content (AvgIpc) is 3.73. The van der Waals surface area contributed by atoms with Crippen molar-refractivity contribution in [3.8, 4) is 11.5 Å². The Kier molecular flexibility index (Phi) is 8.63. The Hall–Kier alpha value is -5.00. The van der Waals surface area contributed by atoms with Gasteiger partial charge in [0.25, 0.3) is 5.56 Å². The molecule has 3 heterocycles. The number of H-pyrrole nitrogens is 1. The Morgan fingerprint density at radius 3 is 2.18 bits per heavy atom. The highest BCUT2D eigenvalue weighted by atomic mass is 16.6. The summed E-state index contributed by atoms with van der Waals surface area (Å²) in [6, 6.07) is 26.1. The minimum atomic E-state index is -0.947. The number of aromatic amines is 1. The molecule has 1 saturated heterocycles. The predicted octanol–water partition coefficient (Wildman–Crippen LogP) is 5.04. The maximum Gasteiger partial charge on any atom is 0.280 e. The van der Waals surface area contributed by atoms with Crippen LogP contribution in [0.2, 0.25) is 0 Å². The first-order valence-electron chi connectivity index (χ1n) is 14.7. The number of methoxy groups -OCH3 is 2. The minimum absolute atomic E-state index is 0.201. The average molecular weight is 609 g/mol. The quantitative estimate of drug-likeness (QED) is 0.126. The molecular formula is C34H36N6O5. The molecule has 11 heteroatoms. The molecule has 0 radical (unpaired) electrons. The van der Waals surface area contributed by atoms with Gasteiger partial charge in [0.15, 0.2) is 11.2 Å². The lowest BCUT2D eigenvalue weighted by atomic mass is 9.80. The minimum Gasteiger partial charge on any atom is -0.497 e. The van der Waals surface area contributed by atoms with Crippen molar-refractivity contribution in [3.63, 3.8) is 0 Å². The molecule has 0 spiro atoms. The van der Waals surface area contributed by atoms with E-state index in [1.807, 2.05) is 80.8 Å². The molecule has 2 atom stereocenters. The molecule has 0 aliphatic carbocycles. The number of rotatable bonds is 11. The third-order valence-electron chi connectivity index (χ3n) is 7.89. The van der Waals surface area contributed by atoms with Crippen LogP contribution in [0.5, 0.6) is 11.5 Å². The highest BCUT2D eigenvalue weighted by molar-refractivity contribution is 5.71. The Morgan fingerprint density at radius 2 is 1.58 bits per heavy atom. The van der Waals surface area contributed by atoms with Gasteiger partial charge in [-0.1, -0.05) is 54.6 Å². The van der Waals surface area contributed by atoms with Crippen LogP contribution in [0.1, 0.15) is 35.8 Å². The van der Waals surface area contributed by atoms with Gasteiger partial charge in [-0.05, 0) is 53.8 Å². The van der Waals surface area contributed by atoms with Crippen molar-refractivity contribution in [1.29, 1.82) is 0 Å². The van der Waals surface area contributed by atoms with Crippen molar-refractivity contribution < 1.29 is 18.9 Å².